The second kappa shape index (κ2) is 10.4. The Morgan fingerprint density at radius 1 is 0.944 bits per heavy atom. The number of thioether (sulfide) groups is 1. The van der Waals surface area contributed by atoms with Crippen molar-refractivity contribution in [2.75, 3.05) is 0 Å². The number of hydrogen-bond acceptors (Lipinski definition) is 5. The lowest BCUT2D eigenvalue weighted by molar-refractivity contribution is -0.125. The van der Waals surface area contributed by atoms with Gasteiger partial charge in [0.1, 0.15) is 23.5 Å². The Balaban J connectivity index is 1.26. The summed E-state index contributed by atoms with van der Waals surface area (Å²) in [4.78, 5) is 36.6. The molecule has 0 unspecified atom stereocenters. The summed E-state index contributed by atoms with van der Waals surface area (Å²) in [5, 5.41) is 3.30. The van der Waals surface area contributed by atoms with Crippen molar-refractivity contribution in [2.45, 2.75) is 31.2 Å². The van der Waals surface area contributed by atoms with Crippen LogP contribution in [0.2, 0.25) is 0 Å². The number of hydrogen-bond donors (Lipinski definition) is 1. The van der Waals surface area contributed by atoms with Crippen molar-refractivity contribution >= 4 is 40.3 Å². The Morgan fingerprint density at radius 2 is 1.61 bits per heavy atom. The summed E-state index contributed by atoms with van der Waals surface area (Å²) >= 11 is 1.38. The summed E-state index contributed by atoms with van der Waals surface area (Å²) in [5.74, 6) is -0.0335. The molecule has 1 atom stereocenters. The van der Waals surface area contributed by atoms with Crippen LogP contribution >= 0.6 is 11.8 Å². The summed E-state index contributed by atoms with van der Waals surface area (Å²) in [6, 6.07) is 18.9. The standard InChI is InChI=1S/C27H22F2N4O2S/c28-19-9-5-17(6-10-19)15-30-24(34)14-13-23-26(35)33-25(31-23)21-3-1-2-4-22(21)32-27(33)36-16-18-7-11-20(29)12-8-18/h1-12,23H,13-16H2,(H,30,34)/t23-/m1/s1. The molecule has 0 aliphatic carbocycles. The molecular formula is C27H22F2N4O2S. The number of amidine groups is 2. The molecule has 9 heteroatoms. The predicted molar refractivity (Wildman–Crippen MR) is 136 cm³/mol. The number of rotatable bonds is 7. The van der Waals surface area contributed by atoms with E-state index in [2.05, 4.69) is 10.3 Å². The third kappa shape index (κ3) is 5.21. The first-order valence-electron chi connectivity index (χ1n) is 11.5. The van der Waals surface area contributed by atoms with Crippen LogP contribution in [0.3, 0.4) is 0 Å². The van der Waals surface area contributed by atoms with Gasteiger partial charge in [0.25, 0.3) is 5.91 Å². The molecule has 0 fully saturated rings. The number of nitrogens with one attached hydrogen (secondary N) is 1. The van der Waals surface area contributed by atoms with Crippen molar-refractivity contribution in [1.29, 1.82) is 0 Å². The fourth-order valence-corrected chi connectivity index (χ4v) is 4.93. The first kappa shape index (κ1) is 23.9. The number of aliphatic imine (C=N–C) groups is 2. The minimum Gasteiger partial charge on any atom is -0.352 e. The fraction of sp³-hybridized carbons (Fsp3) is 0.185. The van der Waals surface area contributed by atoms with E-state index < -0.39 is 6.04 Å². The molecule has 2 aliphatic heterocycles. The minimum absolute atomic E-state index is 0.124. The number of carbonyl (C=O) groups excluding carboxylic acids is 2. The number of para-hydroxylation sites is 1. The minimum atomic E-state index is -0.695. The van der Waals surface area contributed by atoms with E-state index in [0.717, 1.165) is 22.4 Å². The van der Waals surface area contributed by atoms with Crippen LogP contribution < -0.4 is 5.32 Å². The lowest BCUT2D eigenvalue weighted by atomic mass is 10.1. The van der Waals surface area contributed by atoms with Gasteiger partial charge >= 0.3 is 0 Å². The number of fused-ring (bicyclic) bond motifs is 3. The highest BCUT2D eigenvalue weighted by Gasteiger charge is 2.41. The van der Waals surface area contributed by atoms with Gasteiger partial charge in [0.05, 0.1) is 5.69 Å². The number of nitrogens with zero attached hydrogens (tertiary/aromatic N) is 3. The third-order valence-corrected chi connectivity index (χ3v) is 6.89. The van der Waals surface area contributed by atoms with Crippen LogP contribution in [0, 0.1) is 11.6 Å². The van der Waals surface area contributed by atoms with Crippen LogP contribution in [0.4, 0.5) is 14.5 Å². The van der Waals surface area contributed by atoms with E-state index in [1.807, 2.05) is 24.3 Å². The average molecular weight is 505 g/mol. The SMILES string of the molecule is O=C(CC[C@H]1N=C2c3ccccc3N=C(SCc3ccc(F)cc3)N2C1=O)NCc1ccc(F)cc1. The van der Waals surface area contributed by atoms with Crippen LogP contribution in [0.15, 0.2) is 82.8 Å². The first-order chi connectivity index (χ1) is 17.5. The molecule has 2 heterocycles. The summed E-state index contributed by atoms with van der Waals surface area (Å²) in [7, 11) is 0. The zero-order valence-corrected chi connectivity index (χ0v) is 20.0. The highest BCUT2D eigenvalue weighted by atomic mass is 32.2. The van der Waals surface area contributed by atoms with Crippen LogP contribution in [0.5, 0.6) is 0 Å². The second-order valence-corrected chi connectivity index (χ2v) is 9.35. The average Bonchev–Trinajstić information content (AvgIpc) is 3.23. The van der Waals surface area contributed by atoms with Gasteiger partial charge in [-0.15, -0.1) is 0 Å². The van der Waals surface area contributed by atoms with Gasteiger partial charge < -0.3 is 5.32 Å². The van der Waals surface area contributed by atoms with Crippen molar-refractivity contribution < 1.29 is 18.4 Å². The first-order valence-corrected chi connectivity index (χ1v) is 12.4. The molecule has 3 aromatic carbocycles. The van der Waals surface area contributed by atoms with E-state index in [0.29, 0.717) is 16.8 Å². The zero-order chi connectivity index (χ0) is 25.1. The van der Waals surface area contributed by atoms with E-state index >= 15 is 0 Å². The van der Waals surface area contributed by atoms with Crippen molar-refractivity contribution in [3.8, 4) is 0 Å². The highest BCUT2D eigenvalue weighted by Crippen LogP contribution is 2.35. The largest absolute Gasteiger partial charge is 0.352 e. The van der Waals surface area contributed by atoms with Crippen molar-refractivity contribution in [2.24, 2.45) is 9.98 Å². The Labute approximate surface area is 211 Å². The summed E-state index contributed by atoms with van der Waals surface area (Å²) in [5.41, 5.74) is 3.18. The Bertz CT molecular complexity index is 1360. The maximum atomic E-state index is 13.3. The number of benzene rings is 3. The van der Waals surface area contributed by atoms with Gasteiger partial charge in [-0.2, -0.15) is 0 Å². The maximum Gasteiger partial charge on any atom is 0.259 e. The normalized spacial score (nSPS) is 16.2. The topological polar surface area (TPSA) is 74.1 Å². The quantitative estimate of drug-likeness (QED) is 0.495. The van der Waals surface area contributed by atoms with E-state index in [1.54, 1.807) is 24.3 Å². The van der Waals surface area contributed by atoms with Crippen LogP contribution in [0.1, 0.15) is 29.5 Å². The van der Waals surface area contributed by atoms with Crippen molar-refractivity contribution in [3.63, 3.8) is 0 Å². The van der Waals surface area contributed by atoms with E-state index in [-0.39, 0.29) is 42.8 Å². The maximum absolute atomic E-state index is 13.3. The molecule has 3 aromatic rings. The van der Waals surface area contributed by atoms with E-state index in [1.165, 1.54) is 40.9 Å². The fourth-order valence-electron chi connectivity index (χ4n) is 3.97. The van der Waals surface area contributed by atoms with Crippen molar-refractivity contribution in [1.82, 2.24) is 10.2 Å². The molecule has 36 heavy (non-hydrogen) atoms. The molecule has 0 aromatic heterocycles. The molecule has 0 saturated carbocycles. The molecule has 2 amide bonds. The number of amides is 2. The Kier molecular flexibility index (Phi) is 6.90. The van der Waals surface area contributed by atoms with Gasteiger partial charge in [-0.05, 0) is 53.9 Å². The van der Waals surface area contributed by atoms with Crippen LogP contribution in [-0.2, 0) is 21.9 Å². The second-order valence-electron chi connectivity index (χ2n) is 8.41. The van der Waals surface area contributed by atoms with E-state index in [9.17, 15) is 18.4 Å². The van der Waals surface area contributed by atoms with Gasteiger partial charge in [0.2, 0.25) is 5.91 Å². The van der Waals surface area contributed by atoms with Crippen LogP contribution in [0.25, 0.3) is 0 Å². The molecular weight excluding hydrogens is 482 g/mol. The molecule has 2 aliphatic rings. The zero-order valence-electron chi connectivity index (χ0n) is 19.2. The molecule has 0 saturated heterocycles. The molecule has 182 valence electrons. The van der Waals surface area contributed by atoms with E-state index in [4.69, 9.17) is 4.99 Å². The molecule has 0 spiro atoms. The molecule has 0 bridgehead atoms. The third-order valence-electron chi connectivity index (χ3n) is 5.88. The molecule has 5 rings (SSSR count). The molecule has 1 N–H and O–H groups in total. The smallest absolute Gasteiger partial charge is 0.259 e. The van der Waals surface area contributed by atoms with Gasteiger partial charge in [-0.25, -0.2) is 18.7 Å². The Hall–Kier alpha value is -3.85. The van der Waals surface area contributed by atoms with Gasteiger partial charge in [-0.3, -0.25) is 14.6 Å². The lowest BCUT2D eigenvalue weighted by Gasteiger charge is -2.25. The summed E-state index contributed by atoms with van der Waals surface area (Å²) in [6.07, 6.45) is 0.380. The lowest BCUT2D eigenvalue weighted by Crippen LogP contribution is -2.41. The Morgan fingerprint density at radius 3 is 2.33 bits per heavy atom. The van der Waals surface area contributed by atoms with Crippen LogP contribution in [-0.4, -0.2) is 33.8 Å². The number of halogens is 2. The monoisotopic (exact) mass is 504 g/mol. The molecule has 0 radical (unpaired) electrons. The van der Waals surface area contributed by atoms with Gasteiger partial charge in [-0.1, -0.05) is 48.2 Å². The summed E-state index contributed by atoms with van der Waals surface area (Å²) < 4.78 is 26.3. The van der Waals surface area contributed by atoms with Crippen molar-refractivity contribution in [3.05, 3.63) is 101 Å². The van der Waals surface area contributed by atoms with Gasteiger partial charge in [0.15, 0.2) is 5.17 Å². The number of carbonyl (C=O) groups is 2. The predicted octanol–water partition coefficient (Wildman–Crippen LogP) is 4.95. The highest BCUT2D eigenvalue weighted by molar-refractivity contribution is 8.13. The summed E-state index contributed by atoms with van der Waals surface area (Å²) in [6.45, 7) is 0.280. The molecule has 6 nitrogen and oxygen atoms in total. The van der Waals surface area contributed by atoms with Gasteiger partial charge in [0, 0.05) is 24.3 Å².